The van der Waals surface area contributed by atoms with Crippen LogP contribution in [0.5, 0.6) is 0 Å². The number of hydrogen-bond donors (Lipinski definition) is 1. The average molecular weight is 209 g/mol. The van der Waals surface area contributed by atoms with E-state index >= 15 is 0 Å². The van der Waals surface area contributed by atoms with Gasteiger partial charge in [-0.15, -0.1) is 11.3 Å². The zero-order valence-corrected chi connectivity index (χ0v) is 8.12. The number of nitrogens with zero attached hydrogens (tertiary/aromatic N) is 1. The summed E-state index contributed by atoms with van der Waals surface area (Å²) in [4.78, 5) is 0.656. The molecule has 2 rings (SSSR count). The molecule has 2 N–H and O–H groups in total. The van der Waals surface area contributed by atoms with Crippen molar-refractivity contribution in [3.05, 3.63) is 28.1 Å². The van der Waals surface area contributed by atoms with Gasteiger partial charge in [-0.1, -0.05) is 17.7 Å². The Morgan fingerprint density at radius 2 is 2.23 bits per heavy atom. The highest BCUT2D eigenvalue weighted by Crippen LogP contribution is 2.34. The van der Waals surface area contributed by atoms with Crippen molar-refractivity contribution in [3.8, 4) is 6.07 Å². The molecule has 0 aliphatic carbocycles. The molecule has 64 valence electrons. The Morgan fingerprint density at radius 3 is 2.92 bits per heavy atom. The standard InChI is InChI=1S/C9H5ClN2S/c10-7-2-1-5-3-6(4-11)13-9(5)8(7)12/h1-3H,12H2. The fraction of sp³-hybridized carbons (Fsp3) is 0. The number of thiophene rings is 1. The first-order valence-electron chi connectivity index (χ1n) is 3.60. The van der Waals surface area contributed by atoms with Crippen molar-refractivity contribution in [1.82, 2.24) is 0 Å². The SMILES string of the molecule is N#Cc1cc2ccc(Cl)c(N)c2s1. The largest absolute Gasteiger partial charge is 0.396 e. The summed E-state index contributed by atoms with van der Waals surface area (Å²) in [6.07, 6.45) is 0. The average Bonchev–Trinajstić information content (AvgIpc) is 2.55. The molecule has 0 spiro atoms. The van der Waals surface area contributed by atoms with E-state index in [0.717, 1.165) is 10.1 Å². The van der Waals surface area contributed by atoms with E-state index in [-0.39, 0.29) is 0 Å². The third-order valence-corrected chi connectivity index (χ3v) is 3.20. The van der Waals surface area contributed by atoms with Crippen LogP contribution < -0.4 is 5.73 Å². The Labute approximate surface area is 84.2 Å². The third kappa shape index (κ3) is 1.24. The van der Waals surface area contributed by atoms with Crippen molar-refractivity contribution in [2.75, 3.05) is 5.73 Å². The van der Waals surface area contributed by atoms with E-state index < -0.39 is 0 Å². The maximum Gasteiger partial charge on any atom is 0.110 e. The Kier molecular flexibility index (Phi) is 1.87. The van der Waals surface area contributed by atoms with E-state index in [1.165, 1.54) is 11.3 Å². The monoisotopic (exact) mass is 208 g/mol. The fourth-order valence-electron chi connectivity index (χ4n) is 1.16. The zero-order chi connectivity index (χ0) is 9.42. The Hall–Kier alpha value is -1.24. The first-order valence-corrected chi connectivity index (χ1v) is 4.79. The highest BCUT2D eigenvalue weighted by molar-refractivity contribution is 7.20. The first-order chi connectivity index (χ1) is 6.22. The van der Waals surface area contributed by atoms with Crippen LogP contribution in [0.4, 0.5) is 5.69 Å². The molecule has 0 radical (unpaired) electrons. The van der Waals surface area contributed by atoms with Crippen molar-refractivity contribution in [1.29, 1.82) is 5.26 Å². The van der Waals surface area contributed by atoms with Crippen LogP contribution in [0.15, 0.2) is 18.2 Å². The molecule has 2 nitrogen and oxygen atoms in total. The molecule has 13 heavy (non-hydrogen) atoms. The molecule has 1 aromatic heterocycles. The molecule has 4 heteroatoms. The van der Waals surface area contributed by atoms with E-state index in [1.54, 1.807) is 6.07 Å². The van der Waals surface area contributed by atoms with Crippen LogP contribution in [-0.4, -0.2) is 0 Å². The van der Waals surface area contributed by atoms with Gasteiger partial charge in [0.2, 0.25) is 0 Å². The summed E-state index contributed by atoms with van der Waals surface area (Å²) in [5.41, 5.74) is 6.32. The van der Waals surface area contributed by atoms with E-state index in [1.807, 2.05) is 12.1 Å². The van der Waals surface area contributed by atoms with Crippen LogP contribution in [0.1, 0.15) is 4.88 Å². The second kappa shape index (κ2) is 2.91. The molecule has 1 heterocycles. The van der Waals surface area contributed by atoms with Crippen LogP contribution in [0, 0.1) is 11.3 Å². The predicted molar refractivity (Wildman–Crippen MR) is 56.0 cm³/mol. The molecular formula is C9H5ClN2S. The van der Waals surface area contributed by atoms with Gasteiger partial charge in [0.05, 0.1) is 15.4 Å². The summed E-state index contributed by atoms with van der Waals surface area (Å²) in [6, 6.07) is 7.50. The molecule has 0 unspecified atom stereocenters. The molecule has 2 aromatic rings. The van der Waals surface area contributed by atoms with Crippen molar-refractivity contribution < 1.29 is 0 Å². The molecule has 0 saturated heterocycles. The predicted octanol–water partition coefficient (Wildman–Crippen LogP) is 3.01. The number of fused-ring (bicyclic) bond motifs is 1. The first kappa shape index (κ1) is 8.36. The number of nitrogen functional groups attached to an aromatic ring is 1. The van der Waals surface area contributed by atoms with Crippen molar-refractivity contribution >= 4 is 38.7 Å². The minimum Gasteiger partial charge on any atom is -0.396 e. The van der Waals surface area contributed by atoms with Crippen LogP contribution >= 0.6 is 22.9 Å². The smallest absolute Gasteiger partial charge is 0.110 e. The van der Waals surface area contributed by atoms with Crippen LogP contribution in [-0.2, 0) is 0 Å². The quantitative estimate of drug-likeness (QED) is 0.677. The van der Waals surface area contributed by atoms with Crippen LogP contribution in [0.2, 0.25) is 5.02 Å². The lowest BCUT2D eigenvalue weighted by Gasteiger charge is -1.97. The van der Waals surface area contributed by atoms with Gasteiger partial charge in [0.1, 0.15) is 10.9 Å². The lowest BCUT2D eigenvalue weighted by Crippen LogP contribution is -1.84. The van der Waals surface area contributed by atoms with Gasteiger partial charge in [0.25, 0.3) is 0 Å². The van der Waals surface area contributed by atoms with Gasteiger partial charge in [-0.05, 0) is 17.5 Å². The molecule has 0 saturated carbocycles. The Morgan fingerprint density at radius 1 is 1.46 bits per heavy atom. The Bertz CT molecular complexity index is 510. The van der Waals surface area contributed by atoms with Crippen molar-refractivity contribution in [2.45, 2.75) is 0 Å². The summed E-state index contributed by atoms with van der Waals surface area (Å²) in [5, 5.41) is 10.2. The van der Waals surface area contributed by atoms with E-state index in [9.17, 15) is 0 Å². The Balaban J connectivity index is 2.86. The van der Waals surface area contributed by atoms with Gasteiger partial charge in [-0.2, -0.15) is 5.26 Å². The molecule has 1 aromatic carbocycles. The number of halogens is 1. The molecule has 0 amide bonds. The van der Waals surface area contributed by atoms with Gasteiger partial charge < -0.3 is 5.73 Å². The fourth-order valence-corrected chi connectivity index (χ4v) is 2.29. The molecule has 0 fully saturated rings. The number of benzene rings is 1. The van der Waals surface area contributed by atoms with E-state index in [0.29, 0.717) is 15.6 Å². The van der Waals surface area contributed by atoms with Crippen LogP contribution in [0.3, 0.4) is 0 Å². The zero-order valence-electron chi connectivity index (χ0n) is 6.54. The van der Waals surface area contributed by atoms with Crippen molar-refractivity contribution in [2.24, 2.45) is 0 Å². The van der Waals surface area contributed by atoms with Gasteiger partial charge >= 0.3 is 0 Å². The van der Waals surface area contributed by atoms with E-state index in [2.05, 4.69) is 6.07 Å². The molecule has 0 atom stereocenters. The molecule has 0 aliphatic rings. The second-order valence-corrected chi connectivity index (χ2v) is 4.06. The summed E-state index contributed by atoms with van der Waals surface area (Å²) < 4.78 is 0.893. The lowest BCUT2D eigenvalue weighted by atomic mass is 10.2. The number of hydrogen-bond acceptors (Lipinski definition) is 3. The number of nitrogens with two attached hydrogens (primary N) is 1. The minimum absolute atomic E-state index is 0.541. The van der Waals surface area contributed by atoms with Crippen LogP contribution in [0.25, 0.3) is 10.1 Å². The highest BCUT2D eigenvalue weighted by Gasteiger charge is 2.06. The van der Waals surface area contributed by atoms with Gasteiger partial charge in [0, 0.05) is 0 Å². The highest BCUT2D eigenvalue weighted by atomic mass is 35.5. The number of rotatable bonds is 0. The van der Waals surface area contributed by atoms with Gasteiger partial charge in [-0.25, -0.2) is 0 Å². The summed E-state index contributed by atoms with van der Waals surface area (Å²) in [7, 11) is 0. The van der Waals surface area contributed by atoms with Gasteiger partial charge in [0.15, 0.2) is 0 Å². The maximum atomic E-state index is 8.69. The second-order valence-electron chi connectivity index (χ2n) is 2.60. The van der Waals surface area contributed by atoms with E-state index in [4.69, 9.17) is 22.6 Å². The summed E-state index contributed by atoms with van der Waals surface area (Å²) >= 11 is 7.21. The summed E-state index contributed by atoms with van der Waals surface area (Å²) in [6.45, 7) is 0. The van der Waals surface area contributed by atoms with Gasteiger partial charge in [-0.3, -0.25) is 0 Å². The number of anilines is 1. The maximum absolute atomic E-state index is 8.69. The molecule has 0 bridgehead atoms. The number of nitriles is 1. The minimum atomic E-state index is 0.541. The third-order valence-electron chi connectivity index (χ3n) is 1.78. The summed E-state index contributed by atoms with van der Waals surface area (Å²) in [5.74, 6) is 0. The topological polar surface area (TPSA) is 49.8 Å². The normalized spacial score (nSPS) is 10.2. The van der Waals surface area contributed by atoms with Crippen molar-refractivity contribution in [3.63, 3.8) is 0 Å². The molecule has 0 aliphatic heterocycles. The lowest BCUT2D eigenvalue weighted by molar-refractivity contribution is 1.52. The molecular weight excluding hydrogens is 204 g/mol.